The summed E-state index contributed by atoms with van der Waals surface area (Å²) in [5.74, 6) is 0.776. The summed E-state index contributed by atoms with van der Waals surface area (Å²) in [5, 5.41) is 0.758. The van der Waals surface area contributed by atoms with E-state index in [-0.39, 0.29) is 6.04 Å². The molecule has 4 nitrogen and oxygen atoms in total. The van der Waals surface area contributed by atoms with Crippen LogP contribution in [0.15, 0.2) is 23.6 Å². The Hall–Kier alpha value is -0.650. The van der Waals surface area contributed by atoms with E-state index < -0.39 is 0 Å². The molecule has 1 aromatic rings. The average molecular weight is 199 g/mol. The van der Waals surface area contributed by atoms with Crippen LogP contribution in [0, 0.1) is 0 Å². The van der Waals surface area contributed by atoms with Gasteiger partial charge in [-0.1, -0.05) is 11.8 Å². The van der Waals surface area contributed by atoms with Gasteiger partial charge in [0, 0.05) is 31.3 Å². The second-order valence-electron chi connectivity index (χ2n) is 2.56. The fraction of sp³-hybridized carbons (Fsp3) is 0.500. The standard InChI is InChI=1S/C8H13N3OS/c1-12-5-7(9)6-13-8-10-3-2-4-11-8/h2-4,7H,5-6,9H2,1H3. The number of aromatic nitrogens is 2. The van der Waals surface area contributed by atoms with Crippen molar-refractivity contribution in [2.45, 2.75) is 11.2 Å². The Balaban J connectivity index is 2.27. The van der Waals surface area contributed by atoms with Gasteiger partial charge in [0.25, 0.3) is 0 Å². The van der Waals surface area contributed by atoms with Gasteiger partial charge < -0.3 is 10.5 Å². The molecule has 0 saturated heterocycles. The SMILES string of the molecule is COCC(N)CSc1ncccn1. The van der Waals surface area contributed by atoms with Crippen molar-refractivity contribution >= 4 is 11.8 Å². The number of hydrogen-bond acceptors (Lipinski definition) is 5. The number of methoxy groups -OCH3 is 1. The molecule has 0 fully saturated rings. The van der Waals surface area contributed by atoms with E-state index in [0.717, 1.165) is 10.9 Å². The van der Waals surface area contributed by atoms with Crippen molar-refractivity contribution in [3.8, 4) is 0 Å². The predicted molar refractivity (Wildman–Crippen MR) is 52.6 cm³/mol. The van der Waals surface area contributed by atoms with E-state index in [0.29, 0.717) is 6.61 Å². The van der Waals surface area contributed by atoms with E-state index in [4.69, 9.17) is 10.5 Å². The molecule has 0 aliphatic carbocycles. The third kappa shape index (κ3) is 4.21. The van der Waals surface area contributed by atoms with Gasteiger partial charge in [0.05, 0.1) is 6.61 Å². The second kappa shape index (κ2) is 5.90. The van der Waals surface area contributed by atoms with Gasteiger partial charge in [0.1, 0.15) is 0 Å². The molecule has 0 aromatic carbocycles. The maximum absolute atomic E-state index is 5.73. The van der Waals surface area contributed by atoms with Crippen LogP contribution in [0.5, 0.6) is 0 Å². The fourth-order valence-electron chi connectivity index (χ4n) is 0.804. The molecule has 1 rings (SSSR count). The van der Waals surface area contributed by atoms with Crippen molar-refractivity contribution in [2.24, 2.45) is 5.73 Å². The Morgan fingerprint density at radius 1 is 1.54 bits per heavy atom. The lowest BCUT2D eigenvalue weighted by Crippen LogP contribution is -2.28. The van der Waals surface area contributed by atoms with E-state index in [1.165, 1.54) is 0 Å². The quantitative estimate of drug-likeness (QED) is 0.554. The van der Waals surface area contributed by atoms with Crippen LogP contribution in [0.3, 0.4) is 0 Å². The van der Waals surface area contributed by atoms with Gasteiger partial charge in [-0.25, -0.2) is 9.97 Å². The van der Waals surface area contributed by atoms with Crippen LogP contribution in [0.25, 0.3) is 0 Å². The van der Waals surface area contributed by atoms with Crippen molar-refractivity contribution < 1.29 is 4.74 Å². The maximum Gasteiger partial charge on any atom is 0.187 e. The van der Waals surface area contributed by atoms with E-state index in [1.54, 1.807) is 37.3 Å². The Bertz CT molecular complexity index is 232. The number of thioether (sulfide) groups is 1. The molecule has 1 aromatic heterocycles. The van der Waals surface area contributed by atoms with E-state index in [9.17, 15) is 0 Å². The number of hydrogen-bond donors (Lipinski definition) is 1. The summed E-state index contributed by atoms with van der Waals surface area (Å²) in [6.07, 6.45) is 3.44. The monoisotopic (exact) mass is 199 g/mol. The van der Waals surface area contributed by atoms with Crippen molar-refractivity contribution in [1.82, 2.24) is 9.97 Å². The lowest BCUT2D eigenvalue weighted by molar-refractivity contribution is 0.186. The number of nitrogens with two attached hydrogens (primary N) is 1. The smallest absolute Gasteiger partial charge is 0.187 e. The van der Waals surface area contributed by atoms with E-state index in [1.807, 2.05) is 0 Å². The first-order valence-electron chi connectivity index (χ1n) is 3.97. The molecule has 0 aliphatic heterocycles. The molecule has 0 bridgehead atoms. The number of ether oxygens (including phenoxy) is 1. The molecular formula is C8H13N3OS. The maximum atomic E-state index is 5.73. The highest BCUT2D eigenvalue weighted by Crippen LogP contribution is 2.11. The van der Waals surface area contributed by atoms with Gasteiger partial charge in [-0.3, -0.25) is 0 Å². The van der Waals surface area contributed by atoms with Gasteiger partial charge >= 0.3 is 0 Å². The van der Waals surface area contributed by atoms with Crippen molar-refractivity contribution in [3.05, 3.63) is 18.5 Å². The fourth-order valence-corrected chi connectivity index (χ4v) is 1.53. The zero-order valence-electron chi connectivity index (χ0n) is 7.51. The highest BCUT2D eigenvalue weighted by atomic mass is 32.2. The van der Waals surface area contributed by atoms with Crippen LogP contribution < -0.4 is 5.73 Å². The van der Waals surface area contributed by atoms with Crippen molar-refractivity contribution in [3.63, 3.8) is 0 Å². The van der Waals surface area contributed by atoms with E-state index in [2.05, 4.69) is 9.97 Å². The molecule has 0 saturated carbocycles. The van der Waals surface area contributed by atoms with Crippen LogP contribution in [-0.4, -0.2) is 35.5 Å². The third-order valence-electron chi connectivity index (χ3n) is 1.35. The summed E-state index contributed by atoms with van der Waals surface area (Å²) in [7, 11) is 1.64. The lowest BCUT2D eigenvalue weighted by atomic mass is 10.4. The highest BCUT2D eigenvalue weighted by molar-refractivity contribution is 7.99. The molecule has 2 N–H and O–H groups in total. The van der Waals surface area contributed by atoms with Crippen LogP contribution in [0.1, 0.15) is 0 Å². The molecule has 72 valence electrons. The summed E-state index contributed by atoms with van der Waals surface area (Å²) >= 11 is 1.54. The summed E-state index contributed by atoms with van der Waals surface area (Å²) in [6.45, 7) is 0.569. The predicted octanol–water partition coefficient (Wildman–Crippen LogP) is 0.542. The molecule has 1 unspecified atom stereocenters. The van der Waals surface area contributed by atoms with Crippen LogP contribution in [-0.2, 0) is 4.74 Å². The van der Waals surface area contributed by atoms with Crippen LogP contribution >= 0.6 is 11.8 Å². The normalized spacial score (nSPS) is 12.8. The van der Waals surface area contributed by atoms with Gasteiger partial charge in [0.2, 0.25) is 0 Å². The Labute approximate surface area is 81.9 Å². The molecule has 0 spiro atoms. The summed E-state index contributed by atoms with van der Waals surface area (Å²) in [5.41, 5.74) is 5.73. The Morgan fingerprint density at radius 3 is 2.85 bits per heavy atom. The number of rotatable bonds is 5. The molecule has 13 heavy (non-hydrogen) atoms. The molecular weight excluding hydrogens is 186 g/mol. The molecule has 0 aliphatic rings. The Morgan fingerprint density at radius 2 is 2.23 bits per heavy atom. The first kappa shape index (κ1) is 10.4. The molecule has 5 heteroatoms. The summed E-state index contributed by atoms with van der Waals surface area (Å²) < 4.78 is 4.91. The molecule has 1 atom stereocenters. The molecule has 1 heterocycles. The van der Waals surface area contributed by atoms with Gasteiger partial charge in [-0.05, 0) is 6.07 Å². The van der Waals surface area contributed by atoms with Crippen LogP contribution in [0.4, 0.5) is 0 Å². The van der Waals surface area contributed by atoms with Gasteiger partial charge in [0.15, 0.2) is 5.16 Å². The zero-order valence-corrected chi connectivity index (χ0v) is 8.33. The number of nitrogens with zero attached hydrogens (tertiary/aromatic N) is 2. The average Bonchev–Trinajstić information content (AvgIpc) is 2.17. The first-order valence-corrected chi connectivity index (χ1v) is 4.96. The van der Waals surface area contributed by atoms with Crippen LogP contribution in [0.2, 0.25) is 0 Å². The summed E-state index contributed by atoms with van der Waals surface area (Å²) in [4.78, 5) is 8.13. The molecule has 0 radical (unpaired) electrons. The lowest BCUT2D eigenvalue weighted by Gasteiger charge is -2.07. The minimum absolute atomic E-state index is 0.0406. The molecule has 0 amide bonds. The third-order valence-corrected chi connectivity index (χ3v) is 2.41. The van der Waals surface area contributed by atoms with Gasteiger partial charge in [-0.15, -0.1) is 0 Å². The second-order valence-corrected chi connectivity index (χ2v) is 3.54. The minimum atomic E-state index is 0.0406. The highest BCUT2D eigenvalue weighted by Gasteiger charge is 2.03. The Kier molecular flexibility index (Phi) is 4.74. The summed E-state index contributed by atoms with van der Waals surface area (Å²) in [6, 6.07) is 1.83. The minimum Gasteiger partial charge on any atom is -0.383 e. The van der Waals surface area contributed by atoms with E-state index >= 15 is 0 Å². The first-order chi connectivity index (χ1) is 6.33. The largest absolute Gasteiger partial charge is 0.383 e. The topological polar surface area (TPSA) is 61.0 Å². The van der Waals surface area contributed by atoms with Crippen molar-refractivity contribution in [2.75, 3.05) is 19.5 Å². The van der Waals surface area contributed by atoms with Gasteiger partial charge in [-0.2, -0.15) is 0 Å². The van der Waals surface area contributed by atoms with Crippen molar-refractivity contribution in [1.29, 1.82) is 0 Å². The zero-order chi connectivity index (χ0) is 9.52.